The number of amidine groups is 1. The Bertz CT molecular complexity index is 1260. The molecule has 0 fully saturated rings. The summed E-state index contributed by atoms with van der Waals surface area (Å²) in [5.41, 5.74) is 3.40. The molecule has 0 bridgehead atoms. The maximum Gasteiger partial charge on any atom is 0.297 e. The summed E-state index contributed by atoms with van der Waals surface area (Å²) in [7, 11) is -4.13. The number of benzene rings is 1. The van der Waals surface area contributed by atoms with Gasteiger partial charge < -0.3 is 10.1 Å². The molecule has 4 rings (SSSR count). The molecule has 3 heterocycles. The van der Waals surface area contributed by atoms with Gasteiger partial charge in [0, 0.05) is 24.5 Å². The van der Waals surface area contributed by atoms with Crippen LogP contribution < -0.4 is 10.7 Å². The van der Waals surface area contributed by atoms with Gasteiger partial charge >= 0.3 is 0 Å². The zero-order chi connectivity index (χ0) is 24.0. The topological polar surface area (TPSA) is 161 Å². The second-order valence-electron chi connectivity index (χ2n) is 6.81. The molecule has 34 heavy (non-hydrogen) atoms. The van der Waals surface area contributed by atoms with Crippen LogP contribution in [0.3, 0.4) is 0 Å². The highest BCUT2D eigenvalue weighted by Gasteiger charge is 2.37. The Morgan fingerprint density at radius 1 is 1.12 bits per heavy atom. The normalized spacial score (nSPS) is 19.3. The van der Waals surface area contributed by atoms with Crippen molar-refractivity contribution in [3.8, 4) is 0 Å². The lowest BCUT2D eigenvalue weighted by Gasteiger charge is -2.41. The average Bonchev–Trinajstić information content (AvgIpc) is 2.88. The number of aromatic nitrogens is 1. The van der Waals surface area contributed by atoms with Crippen molar-refractivity contribution >= 4 is 28.0 Å². The van der Waals surface area contributed by atoms with Crippen molar-refractivity contribution in [3.05, 3.63) is 88.9 Å². The largest absolute Gasteiger partial charge is 0.342 e. The molecular weight excluding hydrogens is 466 g/mol. The predicted octanol–water partition coefficient (Wildman–Crippen LogP) is 1.25. The monoisotopic (exact) mass is 485 g/mol. The van der Waals surface area contributed by atoms with Crippen LogP contribution in [0, 0.1) is 10.1 Å². The quantitative estimate of drug-likeness (QED) is 0.229. The number of pyridine rings is 1. The van der Waals surface area contributed by atoms with Crippen LogP contribution in [0.4, 0.5) is 5.69 Å². The van der Waals surface area contributed by atoms with Crippen LogP contribution in [0.25, 0.3) is 0 Å². The summed E-state index contributed by atoms with van der Waals surface area (Å²) in [5, 5.41) is 23.4. The number of rotatable bonds is 9. The molecule has 2 aromatic rings. The third-order valence-electron chi connectivity index (χ3n) is 4.62. The van der Waals surface area contributed by atoms with E-state index >= 15 is 0 Å². The number of nitrogens with zero attached hydrogens (tertiary/aromatic N) is 5. The first-order chi connectivity index (χ1) is 16.4. The maximum atomic E-state index is 12.4. The Hall–Kier alpha value is -4.14. The number of hydrogen-bond acceptors (Lipinski definition) is 12. The van der Waals surface area contributed by atoms with Gasteiger partial charge in [-0.25, -0.2) is 5.01 Å². The highest BCUT2D eigenvalue weighted by Crippen LogP contribution is 2.20. The highest BCUT2D eigenvalue weighted by molar-refractivity contribution is 7.86. The zero-order valence-corrected chi connectivity index (χ0v) is 18.3. The van der Waals surface area contributed by atoms with Crippen LogP contribution in [0.1, 0.15) is 5.69 Å². The summed E-state index contributed by atoms with van der Waals surface area (Å²) >= 11 is 0. The molecule has 176 valence electrons. The van der Waals surface area contributed by atoms with Crippen LogP contribution in [0.15, 0.2) is 88.2 Å². The molecule has 0 spiro atoms. The second-order valence-corrected chi connectivity index (χ2v) is 8.43. The number of hydrogen-bond donors (Lipinski definition) is 2. The van der Waals surface area contributed by atoms with Gasteiger partial charge in [-0.1, -0.05) is 12.1 Å². The van der Waals surface area contributed by atoms with Crippen molar-refractivity contribution in [2.24, 2.45) is 10.2 Å². The van der Waals surface area contributed by atoms with E-state index in [-0.39, 0.29) is 23.8 Å². The smallest absolute Gasteiger partial charge is 0.297 e. The summed E-state index contributed by atoms with van der Waals surface area (Å²) in [5.74, 6) is -0.887. The summed E-state index contributed by atoms with van der Waals surface area (Å²) < 4.78 is 35.8. The molecule has 0 radical (unpaired) electrons. The molecule has 2 aliphatic rings. The van der Waals surface area contributed by atoms with E-state index in [1.54, 1.807) is 42.8 Å². The number of hydrazine groups is 1. The van der Waals surface area contributed by atoms with Gasteiger partial charge in [0.1, 0.15) is 12.0 Å². The molecule has 1 atom stereocenters. The van der Waals surface area contributed by atoms with Crippen molar-refractivity contribution < 1.29 is 22.3 Å². The number of non-ortho nitro benzene ring substituents is 1. The number of allylic oxidation sites excluding steroid dienone is 2. The zero-order valence-electron chi connectivity index (χ0n) is 17.5. The van der Waals surface area contributed by atoms with Crippen LogP contribution in [0.5, 0.6) is 0 Å². The lowest BCUT2D eigenvalue weighted by Crippen LogP contribution is -2.65. The standard InChI is InChI=1S/C20H19N7O6S/c28-27(29)16-6-8-17(9-7-16)34(30,31)33-14-13-32-20(10-2-4-12-22-20)26-15-23-24-19(25-26)18-5-1-3-11-21-18/h1-12,15,22H,13-14H2,(H,24,25). The van der Waals surface area contributed by atoms with Gasteiger partial charge in [-0.15, -0.1) is 10.2 Å². The minimum atomic E-state index is -4.13. The van der Waals surface area contributed by atoms with Gasteiger partial charge in [-0.05, 0) is 36.4 Å². The van der Waals surface area contributed by atoms with Gasteiger partial charge in [0.05, 0.1) is 23.0 Å². The Labute approximate surface area is 194 Å². The summed E-state index contributed by atoms with van der Waals surface area (Å²) in [6.07, 6.45) is 9.86. The molecule has 2 aliphatic heterocycles. The Morgan fingerprint density at radius 3 is 2.62 bits per heavy atom. The Kier molecular flexibility index (Phi) is 6.62. The average molecular weight is 485 g/mol. The van der Waals surface area contributed by atoms with Crippen molar-refractivity contribution in [1.29, 1.82) is 0 Å². The molecule has 2 N–H and O–H groups in total. The summed E-state index contributed by atoms with van der Waals surface area (Å²) in [6, 6.07) is 9.75. The molecule has 0 aliphatic carbocycles. The number of dihydropyridines is 1. The Balaban J connectivity index is 1.40. The van der Waals surface area contributed by atoms with E-state index in [1.807, 2.05) is 6.07 Å². The van der Waals surface area contributed by atoms with E-state index in [4.69, 9.17) is 8.92 Å². The van der Waals surface area contributed by atoms with E-state index in [0.717, 1.165) is 24.3 Å². The molecule has 0 saturated heterocycles. The van der Waals surface area contributed by atoms with Gasteiger partial charge in [0.15, 0.2) is 5.84 Å². The Morgan fingerprint density at radius 2 is 1.94 bits per heavy atom. The van der Waals surface area contributed by atoms with E-state index < -0.39 is 20.9 Å². The van der Waals surface area contributed by atoms with E-state index in [0.29, 0.717) is 11.5 Å². The molecule has 14 heteroatoms. The number of nitro groups is 1. The molecule has 0 saturated carbocycles. The molecule has 1 unspecified atom stereocenters. The van der Waals surface area contributed by atoms with E-state index in [1.165, 1.54) is 11.3 Å². The minimum absolute atomic E-state index is 0.139. The third kappa shape index (κ3) is 5.09. The number of nitro benzene ring substituents is 1. The lowest BCUT2D eigenvalue weighted by molar-refractivity contribution is -0.384. The molecule has 1 aromatic carbocycles. The van der Waals surface area contributed by atoms with Crippen molar-refractivity contribution in [2.45, 2.75) is 10.7 Å². The summed E-state index contributed by atoms with van der Waals surface area (Å²) in [4.78, 5) is 14.2. The number of nitrogens with one attached hydrogen (secondary N) is 2. The van der Waals surface area contributed by atoms with Crippen LogP contribution in [-0.4, -0.2) is 54.6 Å². The van der Waals surface area contributed by atoms with Crippen LogP contribution >= 0.6 is 0 Å². The molecular formula is C20H19N7O6S. The fourth-order valence-corrected chi connectivity index (χ4v) is 3.88. The van der Waals surface area contributed by atoms with Crippen LogP contribution in [0.2, 0.25) is 0 Å². The van der Waals surface area contributed by atoms with E-state index in [9.17, 15) is 18.5 Å². The first-order valence-corrected chi connectivity index (χ1v) is 11.3. The molecule has 13 nitrogen and oxygen atoms in total. The lowest BCUT2D eigenvalue weighted by atomic mass is 10.2. The van der Waals surface area contributed by atoms with Gasteiger partial charge in [-0.2, -0.15) is 8.42 Å². The number of ether oxygens (including phenoxy) is 1. The SMILES string of the molecule is O=[N+]([O-])c1ccc(S(=O)(=O)OCCOC2(N3C=NN=C(c4ccccn4)N3)C=CC=CN2)cc1. The fraction of sp³-hybridized carbons (Fsp3) is 0.150. The maximum absolute atomic E-state index is 12.4. The first-order valence-electron chi connectivity index (χ1n) is 9.88. The molecule has 1 aromatic heterocycles. The minimum Gasteiger partial charge on any atom is -0.342 e. The summed E-state index contributed by atoms with van der Waals surface area (Å²) in [6.45, 7) is -0.452. The fourth-order valence-electron chi connectivity index (χ4n) is 2.99. The van der Waals surface area contributed by atoms with Crippen molar-refractivity contribution in [2.75, 3.05) is 13.2 Å². The highest BCUT2D eigenvalue weighted by atomic mass is 32.2. The van der Waals surface area contributed by atoms with Gasteiger partial charge in [0.2, 0.25) is 0 Å². The van der Waals surface area contributed by atoms with Gasteiger partial charge in [-0.3, -0.25) is 24.7 Å². The first kappa shape index (κ1) is 23.0. The third-order valence-corrected chi connectivity index (χ3v) is 5.94. The van der Waals surface area contributed by atoms with Crippen LogP contribution in [-0.2, 0) is 19.0 Å². The van der Waals surface area contributed by atoms with Crippen molar-refractivity contribution in [1.82, 2.24) is 20.7 Å². The molecule has 0 amide bonds. The van der Waals surface area contributed by atoms with Gasteiger partial charge in [0.25, 0.3) is 21.7 Å². The van der Waals surface area contributed by atoms with Crippen molar-refractivity contribution in [3.63, 3.8) is 0 Å². The van der Waals surface area contributed by atoms with E-state index in [2.05, 4.69) is 25.9 Å². The second kappa shape index (κ2) is 9.78. The predicted molar refractivity (Wildman–Crippen MR) is 121 cm³/mol.